The van der Waals surface area contributed by atoms with Crippen molar-refractivity contribution in [1.82, 2.24) is 14.8 Å². The maximum Gasteiger partial charge on any atom is 0.269 e. The lowest BCUT2D eigenvalue weighted by Gasteiger charge is -2.16. The van der Waals surface area contributed by atoms with Crippen LogP contribution in [0.2, 0.25) is 0 Å². The Bertz CT molecular complexity index is 1380. The lowest BCUT2D eigenvalue weighted by Crippen LogP contribution is -2.16. The van der Waals surface area contributed by atoms with Gasteiger partial charge in [-0.05, 0) is 61.9 Å². The Kier molecular flexibility index (Phi) is 7.59. The van der Waals surface area contributed by atoms with E-state index in [9.17, 15) is 19.3 Å². The van der Waals surface area contributed by atoms with E-state index in [1.54, 1.807) is 6.92 Å². The Hall–Kier alpha value is -4.25. The van der Waals surface area contributed by atoms with Crippen molar-refractivity contribution >= 4 is 29.0 Å². The number of thioether (sulfide) groups is 1. The van der Waals surface area contributed by atoms with E-state index >= 15 is 0 Å². The number of nitrogens with one attached hydrogen (secondary N) is 1. The van der Waals surface area contributed by atoms with E-state index in [0.717, 1.165) is 5.69 Å². The van der Waals surface area contributed by atoms with Gasteiger partial charge in [0.1, 0.15) is 11.6 Å². The molecule has 36 heavy (non-hydrogen) atoms. The zero-order chi connectivity index (χ0) is 25.7. The van der Waals surface area contributed by atoms with Gasteiger partial charge in [0.25, 0.3) is 5.69 Å². The van der Waals surface area contributed by atoms with Gasteiger partial charge in [-0.1, -0.05) is 30.0 Å². The summed E-state index contributed by atoms with van der Waals surface area (Å²) in [6, 6.07) is 19.4. The molecule has 0 saturated carbocycles. The van der Waals surface area contributed by atoms with Crippen molar-refractivity contribution in [3.63, 3.8) is 0 Å². The number of carbonyl (C=O) groups excluding carboxylic acids is 1. The average molecular weight is 508 g/mol. The molecular weight excluding hydrogens is 485 g/mol. The number of carbonyl (C=O) groups is 1. The molecule has 4 aromatic rings. The topological polar surface area (TPSA) is 112 Å². The molecule has 0 spiro atoms. The standard InChI is InChI=1S/C25H22FN5O4S/c1-16-14-20(31(33)34)10-13-22(16)27-23(32)15-36-25-29-28-24(30(25)19-6-4-3-5-7-19)17(2)35-21-11-8-18(26)9-12-21/h3-14,17H,15H2,1-2H3,(H,27,32). The van der Waals surface area contributed by atoms with Crippen molar-refractivity contribution < 1.29 is 18.8 Å². The minimum atomic E-state index is -0.519. The van der Waals surface area contributed by atoms with Crippen LogP contribution in [0.5, 0.6) is 5.75 Å². The first-order valence-corrected chi connectivity index (χ1v) is 11.9. The number of anilines is 1. The van der Waals surface area contributed by atoms with Gasteiger partial charge in [0.15, 0.2) is 17.1 Å². The summed E-state index contributed by atoms with van der Waals surface area (Å²) in [4.78, 5) is 23.1. The maximum atomic E-state index is 13.3. The van der Waals surface area contributed by atoms with Crippen molar-refractivity contribution in [2.24, 2.45) is 0 Å². The quantitative estimate of drug-likeness (QED) is 0.181. The van der Waals surface area contributed by atoms with Gasteiger partial charge in [-0.3, -0.25) is 19.5 Å². The highest BCUT2D eigenvalue weighted by Gasteiger charge is 2.22. The van der Waals surface area contributed by atoms with Crippen molar-refractivity contribution in [2.45, 2.75) is 25.1 Å². The normalized spacial score (nSPS) is 11.6. The molecule has 0 aliphatic rings. The average Bonchev–Trinajstić information content (AvgIpc) is 3.30. The third-order valence-electron chi connectivity index (χ3n) is 5.19. The fraction of sp³-hybridized carbons (Fsp3) is 0.160. The molecule has 184 valence electrons. The lowest BCUT2D eigenvalue weighted by atomic mass is 10.2. The number of benzene rings is 3. The smallest absolute Gasteiger partial charge is 0.269 e. The van der Waals surface area contributed by atoms with Crippen LogP contribution in [-0.4, -0.2) is 31.3 Å². The van der Waals surface area contributed by atoms with Crippen LogP contribution in [-0.2, 0) is 4.79 Å². The van der Waals surface area contributed by atoms with Crippen LogP contribution in [0, 0.1) is 22.9 Å². The molecule has 0 fully saturated rings. The van der Waals surface area contributed by atoms with Gasteiger partial charge >= 0.3 is 0 Å². The third-order valence-corrected chi connectivity index (χ3v) is 6.12. The van der Waals surface area contributed by atoms with E-state index in [4.69, 9.17) is 4.74 Å². The number of nitro benzene ring substituents is 1. The molecule has 1 unspecified atom stereocenters. The highest BCUT2D eigenvalue weighted by atomic mass is 32.2. The Morgan fingerprint density at radius 1 is 1.14 bits per heavy atom. The molecular formula is C25H22FN5O4S. The van der Waals surface area contributed by atoms with Crippen LogP contribution in [0.3, 0.4) is 0 Å². The summed E-state index contributed by atoms with van der Waals surface area (Å²) in [5.41, 5.74) is 1.84. The molecule has 1 N–H and O–H groups in total. The van der Waals surface area contributed by atoms with Gasteiger partial charge in [0.2, 0.25) is 5.91 Å². The minimum absolute atomic E-state index is 0.0363. The van der Waals surface area contributed by atoms with Crippen LogP contribution in [0.4, 0.5) is 15.8 Å². The second-order valence-electron chi connectivity index (χ2n) is 7.82. The number of ether oxygens (including phenoxy) is 1. The highest BCUT2D eigenvalue weighted by molar-refractivity contribution is 7.99. The van der Waals surface area contributed by atoms with Crippen LogP contribution < -0.4 is 10.1 Å². The number of para-hydroxylation sites is 1. The summed E-state index contributed by atoms with van der Waals surface area (Å²) in [6.45, 7) is 3.50. The SMILES string of the molecule is Cc1cc([N+](=O)[O-])ccc1NC(=O)CSc1nnc(C(C)Oc2ccc(F)cc2)n1-c1ccccc1. The van der Waals surface area contributed by atoms with Gasteiger partial charge < -0.3 is 10.1 Å². The molecule has 1 amide bonds. The van der Waals surface area contributed by atoms with E-state index < -0.39 is 11.0 Å². The number of aromatic nitrogens is 3. The van der Waals surface area contributed by atoms with Gasteiger partial charge in [-0.15, -0.1) is 10.2 Å². The Morgan fingerprint density at radius 2 is 1.86 bits per heavy atom. The summed E-state index contributed by atoms with van der Waals surface area (Å²) in [5.74, 6) is 0.382. The molecule has 3 aromatic carbocycles. The third kappa shape index (κ3) is 5.87. The summed E-state index contributed by atoms with van der Waals surface area (Å²) in [5, 5.41) is 22.8. The van der Waals surface area contributed by atoms with E-state index in [-0.39, 0.29) is 23.2 Å². The summed E-state index contributed by atoms with van der Waals surface area (Å²) in [6.07, 6.45) is -0.519. The molecule has 1 aromatic heterocycles. The molecule has 11 heteroatoms. The molecule has 0 saturated heterocycles. The van der Waals surface area contributed by atoms with E-state index in [2.05, 4.69) is 15.5 Å². The summed E-state index contributed by atoms with van der Waals surface area (Å²) >= 11 is 1.19. The number of nitro groups is 1. The minimum Gasteiger partial charge on any atom is -0.483 e. The van der Waals surface area contributed by atoms with Gasteiger partial charge in [0.05, 0.1) is 10.7 Å². The Balaban J connectivity index is 1.51. The molecule has 1 heterocycles. The van der Waals surface area contributed by atoms with E-state index in [0.29, 0.717) is 28.0 Å². The predicted octanol–water partition coefficient (Wildman–Crippen LogP) is 5.49. The maximum absolute atomic E-state index is 13.3. The molecule has 1 atom stereocenters. The summed E-state index contributed by atoms with van der Waals surface area (Å²) < 4.78 is 21.0. The first kappa shape index (κ1) is 24.9. The van der Waals surface area contributed by atoms with Crippen molar-refractivity contribution in [3.05, 3.63) is 100 Å². The number of hydrogen-bond donors (Lipinski definition) is 1. The van der Waals surface area contributed by atoms with E-state index in [1.165, 1.54) is 54.2 Å². The second-order valence-corrected chi connectivity index (χ2v) is 8.76. The fourth-order valence-corrected chi connectivity index (χ4v) is 4.20. The second kappa shape index (κ2) is 11.0. The number of amides is 1. The van der Waals surface area contributed by atoms with Gasteiger partial charge in [0, 0.05) is 23.5 Å². The van der Waals surface area contributed by atoms with Gasteiger partial charge in [-0.25, -0.2) is 4.39 Å². The van der Waals surface area contributed by atoms with Gasteiger partial charge in [-0.2, -0.15) is 0 Å². The van der Waals surface area contributed by atoms with Crippen LogP contribution in [0.15, 0.2) is 78.0 Å². The first-order valence-electron chi connectivity index (χ1n) is 10.9. The zero-order valence-electron chi connectivity index (χ0n) is 19.4. The zero-order valence-corrected chi connectivity index (χ0v) is 20.2. The van der Waals surface area contributed by atoms with Crippen LogP contribution >= 0.6 is 11.8 Å². The number of nitrogens with zero attached hydrogens (tertiary/aromatic N) is 4. The van der Waals surface area contributed by atoms with Crippen molar-refractivity contribution in [2.75, 3.05) is 11.1 Å². The molecule has 0 aliphatic heterocycles. The van der Waals surface area contributed by atoms with Crippen LogP contribution in [0.1, 0.15) is 24.4 Å². The molecule has 0 aliphatic carbocycles. The molecule has 4 rings (SSSR count). The number of halogens is 1. The first-order chi connectivity index (χ1) is 17.3. The van der Waals surface area contributed by atoms with Crippen molar-refractivity contribution in [3.8, 4) is 11.4 Å². The Labute approximate surface area is 210 Å². The summed E-state index contributed by atoms with van der Waals surface area (Å²) in [7, 11) is 0. The lowest BCUT2D eigenvalue weighted by molar-refractivity contribution is -0.384. The fourth-order valence-electron chi connectivity index (χ4n) is 3.45. The number of non-ortho nitro benzene ring substituents is 1. The monoisotopic (exact) mass is 507 g/mol. The highest BCUT2D eigenvalue weighted by Crippen LogP contribution is 2.28. The molecule has 9 nitrogen and oxygen atoms in total. The number of hydrogen-bond acceptors (Lipinski definition) is 7. The number of rotatable bonds is 9. The Morgan fingerprint density at radius 3 is 2.53 bits per heavy atom. The largest absolute Gasteiger partial charge is 0.483 e. The molecule has 0 radical (unpaired) electrons. The number of aryl methyl sites for hydroxylation is 1. The molecule has 0 bridgehead atoms. The predicted molar refractivity (Wildman–Crippen MR) is 134 cm³/mol. The van der Waals surface area contributed by atoms with Crippen molar-refractivity contribution in [1.29, 1.82) is 0 Å². The van der Waals surface area contributed by atoms with Crippen LogP contribution in [0.25, 0.3) is 5.69 Å². The van der Waals surface area contributed by atoms with E-state index in [1.807, 2.05) is 41.8 Å².